The van der Waals surface area contributed by atoms with Gasteiger partial charge in [0.1, 0.15) is 6.04 Å². The number of rotatable bonds is 12. The Labute approximate surface area is 187 Å². The third kappa shape index (κ3) is 10.8. The third-order valence-electron chi connectivity index (χ3n) is 5.08. The van der Waals surface area contributed by atoms with Crippen LogP contribution >= 0.6 is 0 Å². The molecule has 0 bridgehead atoms. The normalized spacial score (nSPS) is 18.8. The molecule has 1 aliphatic carbocycles. The zero-order chi connectivity index (χ0) is 24.2. The molecule has 1 rings (SSSR count). The van der Waals surface area contributed by atoms with Crippen molar-refractivity contribution < 1.29 is 22.8 Å². The molecule has 1 fully saturated rings. The second-order valence-corrected chi connectivity index (χ2v) is 9.70. The summed E-state index contributed by atoms with van der Waals surface area (Å²) in [7, 11) is -0.856. The second kappa shape index (κ2) is 14.2. The number of hydrogen-bond acceptors (Lipinski definition) is 5. The Kier molecular flexibility index (Phi) is 13.3. The molecule has 0 heterocycles. The van der Waals surface area contributed by atoms with Gasteiger partial charge in [0, 0.05) is 33.5 Å². The van der Waals surface area contributed by atoms with Crippen LogP contribution in [0, 0.1) is 11.8 Å². The van der Waals surface area contributed by atoms with Crippen molar-refractivity contribution in [2.45, 2.75) is 72.3 Å². The number of likely N-dealkylation sites (N-methyl/N-ethyl adjacent to an activating group) is 1. The van der Waals surface area contributed by atoms with Gasteiger partial charge in [-0.1, -0.05) is 38.8 Å². The van der Waals surface area contributed by atoms with Gasteiger partial charge in [-0.05, 0) is 38.5 Å². The van der Waals surface area contributed by atoms with Crippen molar-refractivity contribution in [2.75, 3.05) is 20.6 Å². The SMILES string of the molecule is CCCCC/C=C\[C@@H]1C[C@@H]1C(=O)NS(=O)(=O)N(C)C.CC[C@@H](C(N)=O)N(CC)C(C)=O. The van der Waals surface area contributed by atoms with Gasteiger partial charge < -0.3 is 10.6 Å². The maximum atomic E-state index is 11.7. The molecule has 0 radical (unpaired) electrons. The highest BCUT2D eigenvalue weighted by Crippen LogP contribution is 2.40. The van der Waals surface area contributed by atoms with Crippen molar-refractivity contribution in [1.29, 1.82) is 0 Å². The van der Waals surface area contributed by atoms with Crippen LogP contribution in [0.3, 0.4) is 0 Å². The molecule has 0 unspecified atom stereocenters. The number of primary amides is 1. The topological polar surface area (TPSA) is 130 Å². The Morgan fingerprint density at radius 2 is 1.77 bits per heavy atom. The number of hydrogen-bond donors (Lipinski definition) is 2. The van der Waals surface area contributed by atoms with Gasteiger partial charge in [-0.2, -0.15) is 12.7 Å². The summed E-state index contributed by atoms with van der Waals surface area (Å²) in [5, 5.41) is 0. The number of nitrogens with zero attached hydrogens (tertiary/aromatic N) is 2. The average Bonchev–Trinajstić information content (AvgIpc) is 3.45. The van der Waals surface area contributed by atoms with Crippen LogP contribution in [-0.4, -0.2) is 62.0 Å². The summed E-state index contributed by atoms with van der Waals surface area (Å²) < 4.78 is 26.1. The van der Waals surface area contributed by atoms with Gasteiger partial charge in [0.15, 0.2) is 0 Å². The van der Waals surface area contributed by atoms with Crippen molar-refractivity contribution >= 4 is 27.9 Å². The predicted molar refractivity (Wildman–Crippen MR) is 122 cm³/mol. The van der Waals surface area contributed by atoms with Gasteiger partial charge >= 0.3 is 10.2 Å². The van der Waals surface area contributed by atoms with E-state index in [1.165, 1.54) is 45.2 Å². The molecule has 1 aliphatic rings. The van der Waals surface area contributed by atoms with E-state index in [9.17, 15) is 22.8 Å². The number of carbonyl (C=O) groups excluding carboxylic acids is 3. The molecule has 180 valence electrons. The number of nitrogens with two attached hydrogens (primary N) is 1. The number of unbranched alkanes of at least 4 members (excludes halogenated alkanes) is 3. The Bertz CT molecular complexity index is 701. The van der Waals surface area contributed by atoms with E-state index in [0.29, 0.717) is 13.0 Å². The zero-order valence-corrected chi connectivity index (χ0v) is 20.6. The van der Waals surface area contributed by atoms with Crippen LogP contribution in [0.4, 0.5) is 0 Å². The summed E-state index contributed by atoms with van der Waals surface area (Å²) >= 11 is 0. The minimum Gasteiger partial charge on any atom is -0.368 e. The highest BCUT2D eigenvalue weighted by atomic mass is 32.2. The molecule has 0 spiro atoms. The molecule has 3 N–H and O–H groups in total. The minimum absolute atomic E-state index is 0.108. The standard InChI is InChI=1S/C13H24N2O3S.C8H16N2O2/c1-4-5-6-7-8-9-11-10-12(11)13(16)14-19(17,18)15(2)3;1-4-7(8(9)12)10(5-2)6(3)11/h8-9,11-12H,4-7,10H2,1-3H3,(H,14,16);7H,4-5H2,1-3H3,(H2,9,12)/b9-8-;/t11-,12+;7-/m10/s1. The molecule has 9 nitrogen and oxygen atoms in total. The van der Waals surface area contributed by atoms with E-state index < -0.39 is 28.1 Å². The van der Waals surface area contributed by atoms with E-state index in [4.69, 9.17) is 5.73 Å². The van der Waals surface area contributed by atoms with Gasteiger partial charge in [-0.15, -0.1) is 0 Å². The van der Waals surface area contributed by atoms with E-state index in [1.807, 2.05) is 19.9 Å². The molecule has 10 heteroatoms. The molecule has 0 aromatic rings. The third-order valence-corrected chi connectivity index (χ3v) is 6.50. The van der Waals surface area contributed by atoms with Gasteiger partial charge in [0.2, 0.25) is 17.7 Å². The van der Waals surface area contributed by atoms with Gasteiger partial charge in [0.25, 0.3) is 0 Å². The lowest BCUT2D eigenvalue weighted by molar-refractivity contribution is -0.137. The molecule has 3 amide bonds. The van der Waals surface area contributed by atoms with E-state index in [2.05, 4.69) is 17.7 Å². The maximum absolute atomic E-state index is 11.7. The fourth-order valence-corrected chi connectivity index (χ4v) is 3.63. The first-order valence-electron chi connectivity index (χ1n) is 10.9. The Morgan fingerprint density at radius 3 is 2.16 bits per heavy atom. The van der Waals surface area contributed by atoms with Crippen LogP contribution in [0.5, 0.6) is 0 Å². The summed E-state index contributed by atoms with van der Waals surface area (Å²) in [4.78, 5) is 35.1. The average molecular weight is 461 g/mol. The molecule has 31 heavy (non-hydrogen) atoms. The lowest BCUT2D eigenvalue weighted by Gasteiger charge is -2.26. The molecule has 0 aromatic carbocycles. The lowest BCUT2D eigenvalue weighted by Crippen LogP contribution is -2.46. The van der Waals surface area contributed by atoms with E-state index in [1.54, 1.807) is 0 Å². The molecular weight excluding hydrogens is 420 g/mol. The van der Waals surface area contributed by atoms with E-state index in [0.717, 1.165) is 17.1 Å². The number of nitrogens with one attached hydrogen (secondary N) is 1. The quantitative estimate of drug-likeness (QED) is 0.339. The minimum atomic E-state index is -3.65. The fraction of sp³-hybridized carbons (Fsp3) is 0.762. The highest BCUT2D eigenvalue weighted by molar-refractivity contribution is 7.87. The number of carbonyl (C=O) groups is 3. The second-order valence-electron chi connectivity index (χ2n) is 7.82. The molecule has 0 aliphatic heterocycles. The van der Waals surface area contributed by atoms with Crippen LogP contribution in [0.1, 0.15) is 66.2 Å². The van der Waals surface area contributed by atoms with Crippen LogP contribution < -0.4 is 10.5 Å². The van der Waals surface area contributed by atoms with E-state index in [-0.39, 0.29) is 17.7 Å². The highest BCUT2D eigenvalue weighted by Gasteiger charge is 2.42. The fourth-order valence-electron chi connectivity index (χ4n) is 3.04. The Hall–Kier alpha value is -1.94. The summed E-state index contributed by atoms with van der Waals surface area (Å²) in [6.07, 6.45) is 10.1. The zero-order valence-electron chi connectivity index (χ0n) is 19.8. The molecule has 0 aromatic heterocycles. The molecular formula is C21H40N4O5S. The van der Waals surface area contributed by atoms with Crippen molar-refractivity contribution in [3.63, 3.8) is 0 Å². The molecule has 0 saturated heterocycles. The first-order chi connectivity index (χ1) is 14.4. The molecule has 3 atom stereocenters. The predicted octanol–water partition coefficient (Wildman–Crippen LogP) is 1.80. The first-order valence-corrected chi connectivity index (χ1v) is 12.3. The monoisotopic (exact) mass is 460 g/mol. The van der Waals surface area contributed by atoms with Gasteiger partial charge in [-0.25, -0.2) is 4.72 Å². The van der Waals surface area contributed by atoms with E-state index >= 15 is 0 Å². The summed E-state index contributed by atoms with van der Waals surface area (Å²) in [5.74, 6) is -0.911. The Balaban J connectivity index is 0.000000649. The smallest absolute Gasteiger partial charge is 0.303 e. The van der Waals surface area contributed by atoms with Crippen molar-refractivity contribution in [3.8, 4) is 0 Å². The van der Waals surface area contributed by atoms with Gasteiger partial charge in [0.05, 0.1) is 0 Å². The summed E-state index contributed by atoms with van der Waals surface area (Å²) in [6.45, 7) is 7.79. The number of amides is 3. The first kappa shape index (κ1) is 29.1. The van der Waals surface area contributed by atoms with Gasteiger partial charge in [-0.3, -0.25) is 14.4 Å². The van der Waals surface area contributed by atoms with Crippen LogP contribution in [-0.2, 0) is 24.6 Å². The Morgan fingerprint density at radius 1 is 1.16 bits per heavy atom. The largest absolute Gasteiger partial charge is 0.368 e. The van der Waals surface area contributed by atoms with Crippen LogP contribution in [0.2, 0.25) is 0 Å². The summed E-state index contributed by atoms with van der Waals surface area (Å²) in [5.41, 5.74) is 5.13. The van der Waals surface area contributed by atoms with Crippen molar-refractivity contribution in [2.24, 2.45) is 17.6 Å². The number of allylic oxidation sites excluding steroid dienone is 2. The molecule has 1 saturated carbocycles. The van der Waals surface area contributed by atoms with Crippen LogP contribution in [0.15, 0.2) is 12.2 Å². The van der Waals surface area contributed by atoms with Crippen LogP contribution in [0.25, 0.3) is 0 Å². The summed E-state index contributed by atoms with van der Waals surface area (Å²) in [6, 6.07) is -0.451. The van der Waals surface area contributed by atoms with Crippen molar-refractivity contribution in [3.05, 3.63) is 12.2 Å². The van der Waals surface area contributed by atoms with Crippen molar-refractivity contribution in [1.82, 2.24) is 13.9 Å². The lowest BCUT2D eigenvalue weighted by atomic mass is 10.2. The maximum Gasteiger partial charge on any atom is 0.303 e.